The number of nitrogens with zero attached hydrogens (tertiary/aromatic N) is 4. The Labute approximate surface area is 201 Å². The summed E-state index contributed by atoms with van der Waals surface area (Å²) in [5.41, 5.74) is 15.1. The second-order valence-electron chi connectivity index (χ2n) is 8.45. The van der Waals surface area contributed by atoms with E-state index >= 15 is 0 Å². The van der Waals surface area contributed by atoms with E-state index in [0.29, 0.717) is 19.0 Å². The maximum Gasteiger partial charge on any atom is 0.223 e. The van der Waals surface area contributed by atoms with Crippen LogP contribution < -0.4 is 16.4 Å². The Bertz CT molecular complexity index is 1470. The standard InChI is InChI=1S/C27H27N6P/c1-17-3-4-21(18(2)13-17)16-30-27-29-11-9-23(31-27)26-25(20-5-7-22(34)8-6-20)32-24-14-19(15-28)10-12-33(24)26/h3-14H,15-16,28,34H2,1-2H3,(H,29,30,31). The first-order chi connectivity index (χ1) is 16.5. The smallest absolute Gasteiger partial charge is 0.223 e. The van der Waals surface area contributed by atoms with E-state index in [1.54, 1.807) is 6.20 Å². The minimum Gasteiger partial charge on any atom is -0.350 e. The van der Waals surface area contributed by atoms with Gasteiger partial charge in [-0.2, -0.15) is 0 Å². The molecule has 0 bridgehead atoms. The highest BCUT2D eigenvalue weighted by Crippen LogP contribution is 2.32. The fourth-order valence-electron chi connectivity index (χ4n) is 4.10. The van der Waals surface area contributed by atoms with E-state index in [2.05, 4.69) is 80.3 Å². The summed E-state index contributed by atoms with van der Waals surface area (Å²) in [6, 6.07) is 20.7. The molecule has 0 spiro atoms. The molecule has 0 amide bonds. The Morgan fingerprint density at radius 2 is 1.79 bits per heavy atom. The first-order valence-corrected chi connectivity index (χ1v) is 11.8. The molecule has 3 aromatic heterocycles. The third-order valence-electron chi connectivity index (χ3n) is 5.94. The fourth-order valence-corrected chi connectivity index (χ4v) is 4.29. The van der Waals surface area contributed by atoms with Gasteiger partial charge >= 0.3 is 0 Å². The number of nitrogens with one attached hydrogen (secondary N) is 1. The molecule has 2 aromatic carbocycles. The monoisotopic (exact) mass is 466 g/mol. The number of hydrogen-bond acceptors (Lipinski definition) is 5. The van der Waals surface area contributed by atoms with Crippen molar-refractivity contribution in [2.75, 3.05) is 5.32 Å². The van der Waals surface area contributed by atoms with Crippen molar-refractivity contribution < 1.29 is 0 Å². The number of pyridine rings is 1. The molecule has 0 aliphatic carbocycles. The Morgan fingerprint density at radius 3 is 2.56 bits per heavy atom. The van der Waals surface area contributed by atoms with Gasteiger partial charge in [-0.15, -0.1) is 9.24 Å². The van der Waals surface area contributed by atoms with Crippen LogP contribution >= 0.6 is 9.24 Å². The van der Waals surface area contributed by atoms with Gasteiger partial charge in [0.05, 0.1) is 17.1 Å². The van der Waals surface area contributed by atoms with E-state index in [0.717, 1.165) is 39.2 Å². The highest BCUT2D eigenvalue weighted by atomic mass is 31.0. The summed E-state index contributed by atoms with van der Waals surface area (Å²) in [4.78, 5) is 14.3. The lowest BCUT2D eigenvalue weighted by Gasteiger charge is -2.10. The number of benzene rings is 2. The van der Waals surface area contributed by atoms with E-state index in [-0.39, 0.29) is 0 Å². The minimum atomic E-state index is 0.468. The number of aromatic nitrogens is 4. The molecule has 6 nitrogen and oxygen atoms in total. The zero-order chi connectivity index (χ0) is 23.7. The fraction of sp³-hybridized carbons (Fsp3) is 0.148. The lowest BCUT2D eigenvalue weighted by molar-refractivity contribution is 1.03. The Hall–Kier alpha value is -3.60. The van der Waals surface area contributed by atoms with Crippen LogP contribution in [0.25, 0.3) is 28.3 Å². The molecule has 0 radical (unpaired) electrons. The third kappa shape index (κ3) is 4.43. The van der Waals surface area contributed by atoms with Crippen molar-refractivity contribution in [3.05, 3.63) is 95.3 Å². The highest BCUT2D eigenvalue weighted by molar-refractivity contribution is 7.27. The number of anilines is 1. The predicted octanol–water partition coefficient (Wildman–Crippen LogP) is 4.65. The maximum absolute atomic E-state index is 5.88. The van der Waals surface area contributed by atoms with Crippen LogP contribution in [0.2, 0.25) is 0 Å². The summed E-state index contributed by atoms with van der Waals surface area (Å²) in [5, 5.41) is 4.51. The first-order valence-electron chi connectivity index (χ1n) is 11.2. The summed E-state index contributed by atoms with van der Waals surface area (Å²) in [6.07, 6.45) is 3.80. The van der Waals surface area contributed by atoms with Crippen LogP contribution in [-0.4, -0.2) is 19.4 Å². The number of hydrogen-bond donors (Lipinski definition) is 2. The molecule has 34 heavy (non-hydrogen) atoms. The second kappa shape index (κ2) is 9.34. The maximum atomic E-state index is 5.88. The molecule has 3 heterocycles. The Balaban J connectivity index is 1.56. The predicted molar refractivity (Wildman–Crippen MR) is 142 cm³/mol. The molecule has 170 valence electrons. The number of nitrogens with two attached hydrogens (primary N) is 1. The number of imidazole rings is 1. The summed E-state index contributed by atoms with van der Waals surface area (Å²) in [7, 11) is 2.72. The zero-order valence-electron chi connectivity index (χ0n) is 19.3. The normalized spacial score (nSPS) is 11.2. The van der Waals surface area contributed by atoms with Gasteiger partial charge in [0.25, 0.3) is 0 Å². The van der Waals surface area contributed by atoms with Gasteiger partial charge in [-0.3, -0.25) is 4.40 Å². The molecule has 1 atom stereocenters. The highest BCUT2D eigenvalue weighted by Gasteiger charge is 2.18. The second-order valence-corrected chi connectivity index (χ2v) is 9.11. The molecule has 0 saturated carbocycles. The van der Waals surface area contributed by atoms with Crippen molar-refractivity contribution in [1.29, 1.82) is 0 Å². The number of aryl methyl sites for hydroxylation is 2. The van der Waals surface area contributed by atoms with Crippen LogP contribution in [0, 0.1) is 13.8 Å². The lowest BCUT2D eigenvalue weighted by Crippen LogP contribution is -2.06. The van der Waals surface area contributed by atoms with Crippen LogP contribution in [0.3, 0.4) is 0 Å². The first kappa shape index (κ1) is 22.2. The van der Waals surface area contributed by atoms with Crippen molar-refractivity contribution in [1.82, 2.24) is 19.4 Å². The zero-order valence-corrected chi connectivity index (χ0v) is 20.4. The van der Waals surface area contributed by atoms with Crippen molar-refractivity contribution in [3.8, 4) is 22.6 Å². The quantitative estimate of drug-likeness (QED) is 0.356. The molecule has 0 aliphatic heterocycles. The van der Waals surface area contributed by atoms with Gasteiger partial charge in [0, 0.05) is 31.0 Å². The van der Waals surface area contributed by atoms with Crippen LogP contribution in [0.4, 0.5) is 5.95 Å². The van der Waals surface area contributed by atoms with E-state index in [9.17, 15) is 0 Å². The molecular formula is C27H27N6P. The molecule has 5 aromatic rings. The molecule has 1 unspecified atom stereocenters. The van der Waals surface area contributed by atoms with E-state index < -0.39 is 0 Å². The molecule has 3 N–H and O–H groups in total. The average Bonchev–Trinajstić information content (AvgIpc) is 3.23. The number of rotatable bonds is 6. The number of fused-ring (bicyclic) bond motifs is 1. The van der Waals surface area contributed by atoms with E-state index in [1.807, 2.05) is 24.4 Å². The summed E-state index contributed by atoms with van der Waals surface area (Å²) in [6.45, 7) is 5.36. The Kier molecular flexibility index (Phi) is 6.10. The molecule has 0 fully saturated rings. The lowest BCUT2D eigenvalue weighted by atomic mass is 10.1. The van der Waals surface area contributed by atoms with Crippen LogP contribution in [0.1, 0.15) is 22.3 Å². The van der Waals surface area contributed by atoms with E-state index in [4.69, 9.17) is 15.7 Å². The summed E-state index contributed by atoms with van der Waals surface area (Å²) < 4.78 is 2.07. The Morgan fingerprint density at radius 1 is 0.971 bits per heavy atom. The topological polar surface area (TPSA) is 81.1 Å². The SMILES string of the molecule is Cc1ccc(CNc2nccc(-c3c(-c4ccc(P)cc4)nc4cc(CN)ccn34)n2)c(C)c1. The minimum absolute atomic E-state index is 0.468. The molecule has 0 aliphatic rings. The average molecular weight is 467 g/mol. The van der Waals surface area contributed by atoms with Gasteiger partial charge in [0.15, 0.2) is 0 Å². The molecule has 5 rings (SSSR count). The van der Waals surface area contributed by atoms with Crippen molar-refractivity contribution in [2.24, 2.45) is 5.73 Å². The summed E-state index contributed by atoms with van der Waals surface area (Å²) >= 11 is 0. The van der Waals surface area contributed by atoms with Crippen molar-refractivity contribution in [3.63, 3.8) is 0 Å². The van der Waals surface area contributed by atoms with Gasteiger partial charge in [-0.05, 0) is 54.0 Å². The van der Waals surface area contributed by atoms with Gasteiger partial charge in [-0.1, -0.05) is 48.0 Å². The molecule has 7 heteroatoms. The van der Waals surface area contributed by atoms with Crippen LogP contribution in [0.5, 0.6) is 0 Å². The largest absolute Gasteiger partial charge is 0.350 e. The van der Waals surface area contributed by atoms with Gasteiger partial charge in [0.1, 0.15) is 5.65 Å². The van der Waals surface area contributed by atoms with Crippen molar-refractivity contribution >= 4 is 26.1 Å². The van der Waals surface area contributed by atoms with Gasteiger partial charge in [0.2, 0.25) is 5.95 Å². The molecule has 0 saturated heterocycles. The summed E-state index contributed by atoms with van der Waals surface area (Å²) in [5.74, 6) is 0.581. The van der Waals surface area contributed by atoms with Crippen molar-refractivity contribution in [2.45, 2.75) is 26.9 Å². The molecular weight excluding hydrogens is 439 g/mol. The van der Waals surface area contributed by atoms with Crippen LogP contribution in [0.15, 0.2) is 73.1 Å². The van der Waals surface area contributed by atoms with Crippen LogP contribution in [-0.2, 0) is 13.1 Å². The van der Waals surface area contributed by atoms with Gasteiger partial charge < -0.3 is 11.1 Å². The third-order valence-corrected chi connectivity index (χ3v) is 6.33. The van der Waals surface area contributed by atoms with Gasteiger partial charge in [-0.25, -0.2) is 15.0 Å². The van der Waals surface area contributed by atoms with E-state index in [1.165, 1.54) is 16.7 Å².